The minimum Gasteiger partial charge on any atom is -0.413 e. The number of nitrogens with zero attached hydrogens (tertiary/aromatic N) is 1. The van der Waals surface area contributed by atoms with Crippen molar-refractivity contribution in [2.75, 3.05) is 6.61 Å². The van der Waals surface area contributed by atoms with E-state index in [0.29, 0.717) is 6.61 Å². The van der Waals surface area contributed by atoms with Crippen LogP contribution < -0.4 is 5.32 Å². The summed E-state index contributed by atoms with van der Waals surface area (Å²) in [6, 6.07) is 4.08. The molecular formula is C22H28N2O5Si. The largest absolute Gasteiger partial charge is 0.413 e. The van der Waals surface area contributed by atoms with E-state index in [1.54, 1.807) is 18.2 Å². The summed E-state index contributed by atoms with van der Waals surface area (Å²) in [6.45, 7) is 11.4. The second-order valence-corrected chi connectivity index (χ2v) is 14.0. The third kappa shape index (κ3) is 4.15. The molecule has 0 bridgehead atoms. The number of hydrogen-bond acceptors (Lipinski definition) is 5. The van der Waals surface area contributed by atoms with Crippen molar-refractivity contribution >= 4 is 38.0 Å². The van der Waals surface area contributed by atoms with E-state index in [2.05, 4.69) is 39.2 Å². The number of piperidine rings is 1. The highest BCUT2D eigenvalue weighted by Gasteiger charge is 2.44. The van der Waals surface area contributed by atoms with Crippen LogP contribution in [0.1, 0.15) is 59.9 Å². The molecule has 1 atom stereocenters. The number of imide groups is 2. The van der Waals surface area contributed by atoms with E-state index in [1.165, 1.54) is 0 Å². The molecule has 4 amide bonds. The molecule has 2 aliphatic rings. The Morgan fingerprint density at radius 3 is 2.43 bits per heavy atom. The quantitative estimate of drug-likeness (QED) is 0.575. The fraction of sp³-hybridized carbons (Fsp3) is 0.455. The van der Waals surface area contributed by atoms with Gasteiger partial charge in [-0.3, -0.25) is 29.4 Å². The number of amides is 4. The first-order chi connectivity index (χ1) is 13.9. The number of fused-ring (bicyclic) bond motifs is 1. The molecule has 0 radical (unpaired) electrons. The van der Waals surface area contributed by atoms with Gasteiger partial charge in [0.1, 0.15) is 6.04 Å². The minimum absolute atomic E-state index is 0.103. The molecule has 1 aromatic carbocycles. The average Bonchev–Trinajstić information content (AvgIpc) is 2.89. The van der Waals surface area contributed by atoms with Gasteiger partial charge >= 0.3 is 0 Å². The van der Waals surface area contributed by atoms with Gasteiger partial charge in [-0.15, -0.1) is 0 Å². The lowest BCUT2D eigenvalue weighted by molar-refractivity contribution is -0.136. The Bertz CT molecular complexity index is 945. The Labute approximate surface area is 177 Å². The molecule has 1 saturated heterocycles. The predicted molar refractivity (Wildman–Crippen MR) is 115 cm³/mol. The van der Waals surface area contributed by atoms with Crippen LogP contribution in [-0.4, -0.2) is 49.5 Å². The summed E-state index contributed by atoms with van der Waals surface area (Å²) in [5.41, 5.74) is 1.33. The van der Waals surface area contributed by atoms with E-state index in [1.807, 2.05) is 12.2 Å². The molecule has 7 nitrogen and oxygen atoms in total. The van der Waals surface area contributed by atoms with Gasteiger partial charge in [0.2, 0.25) is 11.8 Å². The molecule has 0 aliphatic carbocycles. The van der Waals surface area contributed by atoms with Crippen molar-refractivity contribution in [3.8, 4) is 0 Å². The summed E-state index contributed by atoms with van der Waals surface area (Å²) in [6.07, 6.45) is 4.01. The Morgan fingerprint density at radius 2 is 1.80 bits per heavy atom. The summed E-state index contributed by atoms with van der Waals surface area (Å²) >= 11 is 0. The third-order valence-electron chi connectivity index (χ3n) is 6.12. The van der Waals surface area contributed by atoms with Crippen LogP contribution in [-0.2, 0) is 14.0 Å². The molecule has 1 N–H and O–H groups in total. The lowest BCUT2D eigenvalue weighted by Crippen LogP contribution is -2.54. The van der Waals surface area contributed by atoms with Gasteiger partial charge < -0.3 is 4.43 Å². The van der Waals surface area contributed by atoms with Crippen molar-refractivity contribution in [3.63, 3.8) is 0 Å². The number of hydrogen-bond donors (Lipinski definition) is 1. The van der Waals surface area contributed by atoms with Gasteiger partial charge in [0, 0.05) is 6.42 Å². The first-order valence-corrected chi connectivity index (χ1v) is 13.0. The highest BCUT2D eigenvalue weighted by atomic mass is 28.4. The maximum absolute atomic E-state index is 12.9. The van der Waals surface area contributed by atoms with Crippen molar-refractivity contribution in [2.24, 2.45) is 0 Å². The second-order valence-electron chi connectivity index (χ2n) is 9.23. The number of carbonyl (C=O) groups excluding carboxylic acids is 4. The molecule has 3 rings (SSSR count). The van der Waals surface area contributed by atoms with E-state index in [9.17, 15) is 19.2 Å². The SMILES string of the molecule is CC(C)(C)[Si](C)(C)OCC=Cc1ccc2c(c1)C(=O)N(C1CCC(=O)NC1=O)C2=O. The third-order valence-corrected chi connectivity index (χ3v) is 10.6. The van der Waals surface area contributed by atoms with E-state index >= 15 is 0 Å². The van der Waals surface area contributed by atoms with E-state index in [-0.39, 0.29) is 34.9 Å². The lowest BCUT2D eigenvalue weighted by atomic mass is 10.0. The lowest BCUT2D eigenvalue weighted by Gasteiger charge is -2.35. The zero-order valence-corrected chi connectivity index (χ0v) is 19.1. The van der Waals surface area contributed by atoms with Crippen LogP contribution in [0.5, 0.6) is 0 Å². The number of rotatable bonds is 5. The Kier molecular flexibility index (Phi) is 5.84. The topological polar surface area (TPSA) is 92.8 Å². The van der Waals surface area contributed by atoms with Gasteiger partial charge in [-0.05, 0) is 42.2 Å². The van der Waals surface area contributed by atoms with Crippen molar-refractivity contribution in [3.05, 3.63) is 41.0 Å². The smallest absolute Gasteiger partial charge is 0.262 e. The second kappa shape index (κ2) is 7.92. The van der Waals surface area contributed by atoms with Gasteiger partial charge in [-0.1, -0.05) is 39.0 Å². The molecule has 160 valence electrons. The Hall–Kier alpha value is -2.58. The van der Waals surface area contributed by atoms with E-state index < -0.39 is 32.1 Å². The highest BCUT2D eigenvalue weighted by molar-refractivity contribution is 6.74. The molecule has 1 fully saturated rings. The summed E-state index contributed by atoms with van der Waals surface area (Å²) in [4.78, 5) is 50.0. The van der Waals surface area contributed by atoms with Gasteiger partial charge in [0.25, 0.3) is 11.8 Å². The molecule has 1 aromatic rings. The fourth-order valence-electron chi connectivity index (χ4n) is 3.25. The molecule has 1 unspecified atom stereocenters. The van der Waals surface area contributed by atoms with E-state index in [0.717, 1.165) is 10.5 Å². The normalized spacial score (nSPS) is 20.2. The van der Waals surface area contributed by atoms with Crippen LogP contribution >= 0.6 is 0 Å². The molecule has 8 heteroatoms. The van der Waals surface area contributed by atoms with Crippen molar-refractivity contribution in [2.45, 2.75) is 57.8 Å². The van der Waals surface area contributed by atoms with Gasteiger partial charge in [0.05, 0.1) is 17.7 Å². The maximum atomic E-state index is 12.9. The van der Waals surface area contributed by atoms with E-state index in [4.69, 9.17) is 4.43 Å². The molecule has 0 spiro atoms. The fourth-order valence-corrected chi connectivity index (χ4v) is 4.20. The highest BCUT2D eigenvalue weighted by Crippen LogP contribution is 2.36. The first-order valence-electron chi connectivity index (χ1n) is 10.1. The molecule has 0 aromatic heterocycles. The predicted octanol–water partition coefficient (Wildman–Crippen LogP) is 3.12. The standard InChI is InChI=1S/C22H28N2O5Si/c1-22(2,3)30(4,5)29-12-6-7-14-8-9-15-16(13-14)21(28)24(20(15)27)17-10-11-18(25)23-19(17)26/h6-9,13,17H,10-12H2,1-5H3,(H,23,25,26). The van der Waals surface area contributed by atoms with Gasteiger partial charge in [-0.2, -0.15) is 0 Å². The van der Waals surface area contributed by atoms with Crippen LogP contribution in [0.3, 0.4) is 0 Å². The number of benzene rings is 1. The van der Waals surface area contributed by atoms with Crippen molar-refractivity contribution in [1.82, 2.24) is 10.2 Å². The molecule has 2 aliphatic heterocycles. The Balaban J connectivity index is 1.73. The van der Waals surface area contributed by atoms with Crippen molar-refractivity contribution < 1.29 is 23.6 Å². The summed E-state index contributed by atoms with van der Waals surface area (Å²) in [7, 11) is -1.84. The Morgan fingerprint density at radius 1 is 1.13 bits per heavy atom. The zero-order chi connectivity index (χ0) is 22.3. The molecule has 0 saturated carbocycles. The van der Waals surface area contributed by atoms with Crippen molar-refractivity contribution in [1.29, 1.82) is 0 Å². The van der Waals surface area contributed by atoms with Crippen LogP contribution in [0, 0.1) is 0 Å². The first kappa shape index (κ1) is 22.1. The number of nitrogens with one attached hydrogen (secondary N) is 1. The van der Waals surface area contributed by atoms with Crippen LogP contribution in [0.15, 0.2) is 24.3 Å². The zero-order valence-electron chi connectivity index (χ0n) is 18.1. The maximum Gasteiger partial charge on any atom is 0.262 e. The molecular weight excluding hydrogens is 400 g/mol. The average molecular weight is 429 g/mol. The minimum atomic E-state index is -1.84. The molecule has 2 heterocycles. The van der Waals surface area contributed by atoms with Crippen LogP contribution in [0.25, 0.3) is 6.08 Å². The monoisotopic (exact) mass is 428 g/mol. The van der Waals surface area contributed by atoms with Gasteiger partial charge in [-0.25, -0.2) is 0 Å². The summed E-state index contributed by atoms with van der Waals surface area (Å²) in [5.74, 6) is -2.00. The number of carbonyl (C=O) groups is 4. The molecule has 30 heavy (non-hydrogen) atoms. The summed E-state index contributed by atoms with van der Waals surface area (Å²) < 4.78 is 6.11. The van der Waals surface area contributed by atoms with Crippen LogP contribution in [0.2, 0.25) is 18.1 Å². The summed E-state index contributed by atoms with van der Waals surface area (Å²) in [5, 5.41) is 2.32. The van der Waals surface area contributed by atoms with Crippen LogP contribution in [0.4, 0.5) is 0 Å². The van der Waals surface area contributed by atoms with Gasteiger partial charge in [0.15, 0.2) is 8.32 Å².